The molecule has 1 aliphatic heterocycles. The number of nitrogens with zero attached hydrogens (tertiary/aromatic N) is 2. The van der Waals surface area contributed by atoms with Crippen LogP contribution in [0.25, 0.3) is 0 Å². The average Bonchev–Trinajstić information content (AvgIpc) is 3.40. The average molecular weight is 365 g/mol. The number of amides is 1. The van der Waals surface area contributed by atoms with E-state index in [9.17, 15) is 13.2 Å². The van der Waals surface area contributed by atoms with Gasteiger partial charge in [0.25, 0.3) is 0 Å². The van der Waals surface area contributed by atoms with Gasteiger partial charge in [-0.1, -0.05) is 17.7 Å². The number of sulfonamides is 1. The normalized spacial score (nSPS) is 21.0. The van der Waals surface area contributed by atoms with Crippen molar-refractivity contribution in [2.45, 2.75) is 37.6 Å². The first-order chi connectivity index (χ1) is 11.9. The molecule has 25 heavy (non-hydrogen) atoms. The SMILES string of the molecule is Cc1ccc(S(=O)(=O)N2CCN(CC(=O)NC(C)C3CC3)CC2)cc1. The zero-order valence-corrected chi connectivity index (χ0v) is 15.8. The Labute approximate surface area is 150 Å². The van der Waals surface area contributed by atoms with Crippen LogP contribution in [0.15, 0.2) is 29.2 Å². The first-order valence-corrected chi connectivity index (χ1v) is 10.4. The highest BCUT2D eigenvalue weighted by Crippen LogP contribution is 2.32. The molecule has 0 spiro atoms. The van der Waals surface area contributed by atoms with Crippen LogP contribution in [0.3, 0.4) is 0 Å². The van der Waals surface area contributed by atoms with Crippen molar-refractivity contribution in [3.8, 4) is 0 Å². The van der Waals surface area contributed by atoms with E-state index in [1.807, 2.05) is 24.0 Å². The number of hydrogen-bond donors (Lipinski definition) is 1. The summed E-state index contributed by atoms with van der Waals surface area (Å²) < 4.78 is 26.9. The van der Waals surface area contributed by atoms with Crippen molar-refractivity contribution in [3.05, 3.63) is 29.8 Å². The first-order valence-electron chi connectivity index (χ1n) is 8.95. The van der Waals surface area contributed by atoms with E-state index >= 15 is 0 Å². The molecule has 1 amide bonds. The second-order valence-electron chi connectivity index (χ2n) is 7.19. The maximum Gasteiger partial charge on any atom is 0.243 e. The zero-order chi connectivity index (χ0) is 18.0. The van der Waals surface area contributed by atoms with Crippen molar-refractivity contribution in [3.63, 3.8) is 0 Å². The number of nitrogens with one attached hydrogen (secondary N) is 1. The van der Waals surface area contributed by atoms with Crippen LogP contribution in [-0.4, -0.2) is 62.3 Å². The van der Waals surface area contributed by atoms with Crippen molar-refractivity contribution >= 4 is 15.9 Å². The fraction of sp³-hybridized carbons (Fsp3) is 0.611. The Hall–Kier alpha value is -1.44. The molecule has 1 saturated heterocycles. The summed E-state index contributed by atoms with van der Waals surface area (Å²) in [4.78, 5) is 14.5. The summed E-state index contributed by atoms with van der Waals surface area (Å²) >= 11 is 0. The number of benzene rings is 1. The number of carbonyl (C=O) groups excluding carboxylic acids is 1. The summed E-state index contributed by atoms with van der Waals surface area (Å²) in [6.45, 7) is 6.33. The van der Waals surface area contributed by atoms with Crippen LogP contribution < -0.4 is 5.32 Å². The number of carbonyl (C=O) groups is 1. The molecule has 1 aromatic rings. The van der Waals surface area contributed by atoms with Gasteiger partial charge < -0.3 is 5.32 Å². The highest BCUT2D eigenvalue weighted by atomic mass is 32.2. The van der Waals surface area contributed by atoms with Gasteiger partial charge >= 0.3 is 0 Å². The first kappa shape index (κ1) is 18.4. The zero-order valence-electron chi connectivity index (χ0n) is 14.9. The second-order valence-corrected chi connectivity index (χ2v) is 9.12. The number of aryl methyl sites for hydroxylation is 1. The number of hydrogen-bond acceptors (Lipinski definition) is 4. The van der Waals surface area contributed by atoms with Crippen LogP contribution >= 0.6 is 0 Å². The summed E-state index contributed by atoms with van der Waals surface area (Å²) in [5, 5.41) is 3.05. The lowest BCUT2D eigenvalue weighted by atomic mass is 10.2. The van der Waals surface area contributed by atoms with Gasteiger partial charge in [0.05, 0.1) is 11.4 Å². The van der Waals surface area contributed by atoms with Crippen LogP contribution in [-0.2, 0) is 14.8 Å². The molecule has 1 atom stereocenters. The van der Waals surface area contributed by atoms with Gasteiger partial charge in [-0.15, -0.1) is 0 Å². The highest BCUT2D eigenvalue weighted by molar-refractivity contribution is 7.89. The lowest BCUT2D eigenvalue weighted by molar-refractivity contribution is -0.123. The van der Waals surface area contributed by atoms with Crippen LogP contribution in [0.1, 0.15) is 25.3 Å². The minimum absolute atomic E-state index is 0.0363. The number of rotatable bonds is 6. The van der Waals surface area contributed by atoms with Crippen molar-refractivity contribution in [2.24, 2.45) is 5.92 Å². The van der Waals surface area contributed by atoms with Gasteiger partial charge in [-0.3, -0.25) is 9.69 Å². The molecule has 1 aliphatic carbocycles. The molecular weight excluding hydrogens is 338 g/mol. The van der Waals surface area contributed by atoms with Gasteiger partial charge in [-0.25, -0.2) is 8.42 Å². The van der Waals surface area contributed by atoms with Crippen molar-refractivity contribution in [1.29, 1.82) is 0 Å². The molecule has 6 nitrogen and oxygen atoms in total. The van der Waals surface area contributed by atoms with Gasteiger partial charge in [-0.2, -0.15) is 4.31 Å². The minimum Gasteiger partial charge on any atom is -0.352 e. The van der Waals surface area contributed by atoms with Crippen LogP contribution in [0.5, 0.6) is 0 Å². The molecule has 1 heterocycles. The molecule has 2 aliphatic rings. The van der Waals surface area contributed by atoms with E-state index < -0.39 is 10.0 Å². The maximum atomic E-state index is 12.7. The molecular formula is C18H27N3O3S. The topological polar surface area (TPSA) is 69.7 Å². The van der Waals surface area contributed by atoms with E-state index in [2.05, 4.69) is 12.2 Å². The van der Waals surface area contributed by atoms with E-state index in [4.69, 9.17) is 0 Å². The third-order valence-electron chi connectivity index (χ3n) is 5.08. The van der Waals surface area contributed by atoms with Crippen LogP contribution in [0, 0.1) is 12.8 Å². The molecule has 1 aromatic carbocycles. The lowest BCUT2D eigenvalue weighted by Crippen LogP contribution is -2.51. The summed E-state index contributed by atoms with van der Waals surface area (Å²) in [5.74, 6) is 0.676. The molecule has 1 unspecified atom stereocenters. The standard InChI is InChI=1S/C18H27N3O3S/c1-14-3-7-17(8-4-14)25(23,24)21-11-9-20(10-12-21)13-18(22)19-15(2)16-5-6-16/h3-4,7-8,15-16H,5-6,9-13H2,1-2H3,(H,19,22). The van der Waals surface area contributed by atoms with Crippen LogP contribution in [0.2, 0.25) is 0 Å². The lowest BCUT2D eigenvalue weighted by Gasteiger charge is -2.33. The van der Waals surface area contributed by atoms with Crippen molar-refractivity contribution < 1.29 is 13.2 Å². The summed E-state index contributed by atoms with van der Waals surface area (Å²) in [7, 11) is -3.45. The molecule has 1 saturated carbocycles. The summed E-state index contributed by atoms with van der Waals surface area (Å²) in [5.41, 5.74) is 1.04. The molecule has 0 aromatic heterocycles. The summed E-state index contributed by atoms with van der Waals surface area (Å²) in [6.07, 6.45) is 2.41. The van der Waals surface area contributed by atoms with E-state index in [0.29, 0.717) is 43.5 Å². The maximum absolute atomic E-state index is 12.7. The van der Waals surface area contributed by atoms with Crippen molar-refractivity contribution in [1.82, 2.24) is 14.5 Å². The third-order valence-corrected chi connectivity index (χ3v) is 6.99. The van der Waals surface area contributed by atoms with Gasteiger partial charge in [0.15, 0.2) is 0 Å². The Morgan fingerprint density at radius 1 is 1.16 bits per heavy atom. The minimum atomic E-state index is -3.45. The quantitative estimate of drug-likeness (QED) is 0.823. The Kier molecular flexibility index (Phi) is 5.46. The largest absolute Gasteiger partial charge is 0.352 e. The highest BCUT2D eigenvalue weighted by Gasteiger charge is 2.31. The number of piperazine rings is 1. The molecule has 2 fully saturated rings. The smallest absolute Gasteiger partial charge is 0.243 e. The molecule has 138 valence electrons. The Morgan fingerprint density at radius 2 is 1.76 bits per heavy atom. The third kappa shape index (κ3) is 4.59. The van der Waals surface area contributed by atoms with Crippen molar-refractivity contribution in [2.75, 3.05) is 32.7 Å². The Bertz CT molecular complexity index is 706. The monoisotopic (exact) mass is 365 g/mol. The molecule has 7 heteroatoms. The van der Waals surface area contributed by atoms with E-state index in [-0.39, 0.29) is 11.9 Å². The van der Waals surface area contributed by atoms with Gasteiger partial charge in [0, 0.05) is 32.2 Å². The predicted molar refractivity (Wildman–Crippen MR) is 96.7 cm³/mol. The van der Waals surface area contributed by atoms with E-state index in [0.717, 1.165) is 5.56 Å². The predicted octanol–water partition coefficient (Wildman–Crippen LogP) is 1.22. The summed E-state index contributed by atoms with van der Waals surface area (Å²) in [6, 6.07) is 7.19. The molecule has 1 N–H and O–H groups in total. The van der Waals surface area contributed by atoms with E-state index in [1.54, 1.807) is 12.1 Å². The molecule has 0 radical (unpaired) electrons. The van der Waals surface area contributed by atoms with E-state index in [1.165, 1.54) is 17.1 Å². The van der Waals surface area contributed by atoms with Crippen LogP contribution in [0.4, 0.5) is 0 Å². The fourth-order valence-corrected chi connectivity index (χ4v) is 4.63. The Morgan fingerprint density at radius 3 is 2.32 bits per heavy atom. The Balaban J connectivity index is 1.50. The fourth-order valence-electron chi connectivity index (χ4n) is 3.20. The van der Waals surface area contributed by atoms with Gasteiger partial charge in [0.2, 0.25) is 15.9 Å². The molecule has 0 bridgehead atoms. The van der Waals surface area contributed by atoms with Gasteiger partial charge in [0.1, 0.15) is 0 Å². The van der Waals surface area contributed by atoms with Gasteiger partial charge in [-0.05, 0) is 44.7 Å². The second kappa shape index (κ2) is 7.43. The molecule has 3 rings (SSSR count).